The summed E-state index contributed by atoms with van der Waals surface area (Å²) in [7, 11) is 0. The number of aliphatic hydroxyl groups excluding tert-OH is 1. The van der Waals surface area contributed by atoms with Crippen molar-refractivity contribution in [3.63, 3.8) is 0 Å². The van der Waals surface area contributed by atoms with Gasteiger partial charge in [0, 0.05) is 17.8 Å². The third kappa shape index (κ3) is 3.43. The second-order valence-corrected chi connectivity index (χ2v) is 4.40. The quantitative estimate of drug-likeness (QED) is 0.929. The molecule has 3 nitrogen and oxygen atoms in total. The number of hydrogen-bond acceptors (Lipinski definition) is 3. The zero-order valence-electron chi connectivity index (χ0n) is 10.4. The molecule has 1 aromatic carbocycles. The monoisotopic (exact) mass is 281 g/mol. The summed E-state index contributed by atoms with van der Waals surface area (Å²) in [5.41, 5.74) is 1.51. The fourth-order valence-corrected chi connectivity index (χ4v) is 1.72. The first-order valence-electron chi connectivity index (χ1n) is 5.86. The zero-order chi connectivity index (χ0) is 13.8. The van der Waals surface area contributed by atoms with Crippen molar-refractivity contribution < 1.29 is 14.2 Å². The minimum Gasteiger partial charge on any atom is -0.439 e. The van der Waals surface area contributed by atoms with Crippen LogP contribution in [0, 0.1) is 5.82 Å². The number of aryl methyl sites for hydroxylation is 1. The Morgan fingerprint density at radius 1 is 1.32 bits per heavy atom. The number of ether oxygens (including phenoxy) is 1. The highest BCUT2D eigenvalue weighted by atomic mass is 35.5. The number of aliphatic hydroxyl groups is 1. The molecule has 1 aromatic heterocycles. The van der Waals surface area contributed by atoms with Crippen LogP contribution in [0.2, 0.25) is 5.02 Å². The molecule has 0 fully saturated rings. The summed E-state index contributed by atoms with van der Waals surface area (Å²) in [6, 6.07) is 7.59. The largest absolute Gasteiger partial charge is 0.439 e. The molecular weight excluding hydrogens is 269 g/mol. The van der Waals surface area contributed by atoms with E-state index in [0.29, 0.717) is 17.2 Å². The fourth-order valence-electron chi connectivity index (χ4n) is 1.61. The second kappa shape index (κ2) is 5.99. The first-order valence-corrected chi connectivity index (χ1v) is 6.23. The summed E-state index contributed by atoms with van der Waals surface area (Å²) in [5, 5.41) is 9.21. The van der Waals surface area contributed by atoms with Gasteiger partial charge in [0.2, 0.25) is 5.88 Å². The lowest BCUT2D eigenvalue weighted by Crippen LogP contribution is -1.96. The second-order valence-electron chi connectivity index (χ2n) is 3.99. The highest BCUT2D eigenvalue weighted by molar-refractivity contribution is 6.30. The van der Waals surface area contributed by atoms with Gasteiger partial charge >= 0.3 is 0 Å². The highest BCUT2D eigenvalue weighted by Gasteiger charge is 2.06. The van der Waals surface area contributed by atoms with E-state index >= 15 is 0 Å². The van der Waals surface area contributed by atoms with Gasteiger partial charge < -0.3 is 9.84 Å². The highest BCUT2D eigenvalue weighted by Crippen LogP contribution is 2.25. The lowest BCUT2D eigenvalue weighted by molar-refractivity contribution is 0.281. The summed E-state index contributed by atoms with van der Waals surface area (Å²) in [4.78, 5) is 4.26. The van der Waals surface area contributed by atoms with Crippen LogP contribution < -0.4 is 4.74 Å². The number of halogens is 2. The van der Waals surface area contributed by atoms with Crippen molar-refractivity contribution in [1.29, 1.82) is 0 Å². The Balaban J connectivity index is 2.29. The van der Waals surface area contributed by atoms with Crippen molar-refractivity contribution in [3.8, 4) is 11.6 Å². The standard InChI is InChI=1S/C14H13ClFNO2/c1-2-10-5-9(8-18)6-14(17-10)19-11-3-4-12(15)13(16)7-11/h3-7,18H,2,8H2,1H3. The van der Waals surface area contributed by atoms with E-state index in [1.54, 1.807) is 18.2 Å². The Kier molecular flexibility index (Phi) is 4.35. The molecule has 19 heavy (non-hydrogen) atoms. The molecule has 100 valence electrons. The molecule has 0 radical (unpaired) electrons. The SMILES string of the molecule is CCc1cc(CO)cc(Oc2ccc(Cl)c(F)c2)n1. The molecule has 0 amide bonds. The third-order valence-corrected chi connectivity index (χ3v) is 2.88. The minimum absolute atomic E-state index is 0.0404. The van der Waals surface area contributed by atoms with Gasteiger partial charge in [0.1, 0.15) is 11.6 Å². The van der Waals surface area contributed by atoms with Crippen LogP contribution in [-0.4, -0.2) is 10.1 Å². The van der Waals surface area contributed by atoms with E-state index in [4.69, 9.17) is 21.4 Å². The van der Waals surface area contributed by atoms with E-state index in [0.717, 1.165) is 12.1 Å². The van der Waals surface area contributed by atoms with Crippen LogP contribution in [0.1, 0.15) is 18.2 Å². The van der Waals surface area contributed by atoms with Crippen molar-refractivity contribution in [2.24, 2.45) is 0 Å². The summed E-state index contributed by atoms with van der Waals surface area (Å²) < 4.78 is 18.8. The van der Waals surface area contributed by atoms with Crippen LogP contribution in [0.25, 0.3) is 0 Å². The van der Waals surface area contributed by atoms with Crippen molar-refractivity contribution in [2.75, 3.05) is 0 Å². The molecule has 2 rings (SSSR count). The Bertz CT molecular complexity index is 567. The van der Waals surface area contributed by atoms with Gasteiger partial charge in [-0.2, -0.15) is 0 Å². The average Bonchev–Trinajstić information content (AvgIpc) is 2.42. The van der Waals surface area contributed by atoms with Crippen LogP contribution in [0.15, 0.2) is 30.3 Å². The predicted molar refractivity (Wildman–Crippen MR) is 71.0 cm³/mol. The molecule has 0 aliphatic carbocycles. The predicted octanol–water partition coefficient (Wildman–Crippen LogP) is 3.72. The van der Waals surface area contributed by atoms with Gasteiger partial charge in [0.15, 0.2) is 0 Å². The summed E-state index contributed by atoms with van der Waals surface area (Å²) in [6.45, 7) is 1.86. The van der Waals surface area contributed by atoms with Crippen molar-refractivity contribution >= 4 is 11.6 Å². The van der Waals surface area contributed by atoms with E-state index in [2.05, 4.69) is 4.98 Å². The maximum absolute atomic E-state index is 13.3. The van der Waals surface area contributed by atoms with E-state index in [9.17, 15) is 4.39 Å². The Morgan fingerprint density at radius 3 is 2.74 bits per heavy atom. The topological polar surface area (TPSA) is 42.4 Å². The number of nitrogens with zero attached hydrogens (tertiary/aromatic N) is 1. The van der Waals surface area contributed by atoms with E-state index < -0.39 is 5.82 Å². The summed E-state index contributed by atoms with van der Waals surface area (Å²) in [6.07, 6.45) is 0.721. The molecule has 0 aliphatic rings. The molecule has 0 bridgehead atoms. The molecule has 0 atom stereocenters. The van der Waals surface area contributed by atoms with Crippen LogP contribution in [0.5, 0.6) is 11.6 Å². The van der Waals surface area contributed by atoms with Crippen LogP contribution in [0.4, 0.5) is 4.39 Å². The maximum atomic E-state index is 13.3. The van der Waals surface area contributed by atoms with Crippen molar-refractivity contribution in [3.05, 3.63) is 52.4 Å². The minimum atomic E-state index is -0.548. The molecule has 2 aromatic rings. The summed E-state index contributed by atoms with van der Waals surface area (Å²) in [5.74, 6) is 0.0878. The lowest BCUT2D eigenvalue weighted by atomic mass is 10.2. The molecular formula is C14H13ClFNO2. The number of hydrogen-bond donors (Lipinski definition) is 1. The van der Waals surface area contributed by atoms with Crippen LogP contribution in [0.3, 0.4) is 0 Å². The third-order valence-electron chi connectivity index (χ3n) is 2.57. The van der Waals surface area contributed by atoms with Crippen molar-refractivity contribution in [2.45, 2.75) is 20.0 Å². The maximum Gasteiger partial charge on any atom is 0.219 e. The Morgan fingerprint density at radius 2 is 2.11 bits per heavy atom. The van der Waals surface area contributed by atoms with Crippen molar-refractivity contribution in [1.82, 2.24) is 4.98 Å². The van der Waals surface area contributed by atoms with Crippen LogP contribution in [-0.2, 0) is 13.0 Å². The van der Waals surface area contributed by atoms with Gasteiger partial charge in [-0.25, -0.2) is 9.37 Å². The molecule has 0 aliphatic heterocycles. The van der Waals surface area contributed by atoms with E-state index in [-0.39, 0.29) is 11.6 Å². The molecule has 1 heterocycles. The molecule has 0 saturated carbocycles. The van der Waals surface area contributed by atoms with Gasteiger partial charge in [-0.05, 0) is 30.2 Å². The van der Waals surface area contributed by atoms with E-state index in [1.807, 2.05) is 6.92 Å². The van der Waals surface area contributed by atoms with E-state index in [1.165, 1.54) is 12.1 Å². The normalized spacial score (nSPS) is 10.5. The first kappa shape index (κ1) is 13.8. The van der Waals surface area contributed by atoms with Gasteiger partial charge in [-0.1, -0.05) is 18.5 Å². The number of pyridine rings is 1. The van der Waals surface area contributed by atoms with Gasteiger partial charge in [0.25, 0.3) is 0 Å². The molecule has 0 unspecified atom stereocenters. The smallest absolute Gasteiger partial charge is 0.219 e. The van der Waals surface area contributed by atoms with Gasteiger partial charge in [-0.15, -0.1) is 0 Å². The molecule has 0 spiro atoms. The number of aromatic nitrogens is 1. The first-order chi connectivity index (χ1) is 9.12. The number of benzene rings is 1. The summed E-state index contributed by atoms with van der Waals surface area (Å²) >= 11 is 5.60. The average molecular weight is 282 g/mol. The lowest BCUT2D eigenvalue weighted by Gasteiger charge is -2.08. The molecule has 1 N–H and O–H groups in total. The molecule has 0 saturated heterocycles. The number of rotatable bonds is 4. The fraction of sp³-hybridized carbons (Fsp3) is 0.214. The van der Waals surface area contributed by atoms with Crippen LogP contribution >= 0.6 is 11.6 Å². The van der Waals surface area contributed by atoms with Gasteiger partial charge in [-0.3, -0.25) is 0 Å². The molecule has 5 heteroatoms. The Labute approximate surface area is 115 Å². The zero-order valence-corrected chi connectivity index (χ0v) is 11.1. The Hall–Kier alpha value is -1.65. The van der Waals surface area contributed by atoms with Gasteiger partial charge in [0.05, 0.1) is 11.6 Å².